The van der Waals surface area contributed by atoms with Crippen LogP contribution < -0.4 is 0 Å². The summed E-state index contributed by atoms with van der Waals surface area (Å²) in [5.41, 5.74) is 1.21. The molecule has 1 saturated heterocycles. The van der Waals surface area contributed by atoms with Gasteiger partial charge in [0, 0.05) is 25.0 Å². The Balaban J connectivity index is 1.59. The van der Waals surface area contributed by atoms with Crippen molar-refractivity contribution >= 4 is 11.3 Å². The number of aryl methyl sites for hydroxylation is 1. The Hall–Kier alpha value is -0.450. The maximum atomic E-state index is 9.59. The topological polar surface area (TPSA) is 36.4 Å². The predicted molar refractivity (Wildman–Crippen MR) is 64.3 cm³/mol. The third kappa shape index (κ3) is 2.01. The Bertz CT molecular complexity index is 365. The largest absolute Gasteiger partial charge is 0.393 e. The maximum absolute atomic E-state index is 9.59. The number of likely N-dealkylation sites (tertiary alicyclic amines) is 1. The molecule has 1 aliphatic carbocycles. The first kappa shape index (κ1) is 10.7. The predicted octanol–water partition coefficient (Wildman–Crippen LogP) is 1.65. The lowest BCUT2D eigenvalue weighted by Gasteiger charge is -2.15. The molecule has 2 aliphatic rings. The van der Waals surface area contributed by atoms with E-state index in [1.54, 1.807) is 11.3 Å². The first-order chi connectivity index (χ1) is 7.70. The third-order valence-corrected chi connectivity index (χ3v) is 4.68. The monoisotopic (exact) mass is 238 g/mol. The van der Waals surface area contributed by atoms with Crippen molar-refractivity contribution in [3.8, 4) is 0 Å². The van der Waals surface area contributed by atoms with Gasteiger partial charge in [0.1, 0.15) is 0 Å². The zero-order valence-electron chi connectivity index (χ0n) is 9.59. The van der Waals surface area contributed by atoms with Crippen molar-refractivity contribution in [2.24, 2.45) is 11.8 Å². The van der Waals surface area contributed by atoms with E-state index < -0.39 is 0 Å². The van der Waals surface area contributed by atoms with Crippen molar-refractivity contribution in [1.29, 1.82) is 0 Å². The van der Waals surface area contributed by atoms with E-state index in [4.69, 9.17) is 0 Å². The van der Waals surface area contributed by atoms with Gasteiger partial charge in [0.2, 0.25) is 0 Å². The molecule has 1 unspecified atom stereocenters. The third-order valence-electron chi connectivity index (χ3n) is 3.85. The molecule has 0 amide bonds. The normalized spacial score (nSPS) is 34.5. The van der Waals surface area contributed by atoms with E-state index in [0.29, 0.717) is 0 Å². The second kappa shape index (κ2) is 4.09. The molecule has 1 saturated carbocycles. The fraction of sp³-hybridized carbons (Fsp3) is 0.750. The van der Waals surface area contributed by atoms with E-state index in [0.717, 1.165) is 49.3 Å². The molecule has 88 valence electrons. The molecule has 3 nitrogen and oxygen atoms in total. The van der Waals surface area contributed by atoms with Gasteiger partial charge in [0.15, 0.2) is 0 Å². The molecule has 1 aliphatic heterocycles. The SMILES string of the molecule is Cc1nc(CN2C[C@H]3CC(O)C[C@H]3C2)cs1. The van der Waals surface area contributed by atoms with E-state index in [2.05, 4.69) is 22.2 Å². The van der Waals surface area contributed by atoms with Gasteiger partial charge in [-0.3, -0.25) is 4.90 Å². The van der Waals surface area contributed by atoms with Crippen LogP contribution in [0.4, 0.5) is 0 Å². The molecular formula is C12H18N2OS. The van der Waals surface area contributed by atoms with Gasteiger partial charge in [-0.2, -0.15) is 0 Å². The summed E-state index contributed by atoms with van der Waals surface area (Å²) < 4.78 is 0. The molecule has 1 N–H and O–H groups in total. The van der Waals surface area contributed by atoms with Gasteiger partial charge in [-0.05, 0) is 31.6 Å². The van der Waals surface area contributed by atoms with Crippen molar-refractivity contribution in [1.82, 2.24) is 9.88 Å². The van der Waals surface area contributed by atoms with Gasteiger partial charge >= 0.3 is 0 Å². The number of aromatic nitrogens is 1. The number of hydrogen-bond donors (Lipinski definition) is 1. The van der Waals surface area contributed by atoms with Crippen LogP contribution in [-0.2, 0) is 6.54 Å². The smallest absolute Gasteiger partial charge is 0.0897 e. The fourth-order valence-electron chi connectivity index (χ4n) is 3.20. The van der Waals surface area contributed by atoms with Crippen molar-refractivity contribution < 1.29 is 5.11 Å². The van der Waals surface area contributed by atoms with Crippen LogP contribution in [0.3, 0.4) is 0 Å². The molecule has 4 heteroatoms. The van der Waals surface area contributed by atoms with Crippen molar-refractivity contribution in [3.05, 3.63) is 16.1 Å². The van der Waals surface area contributed by atoms with Crippen LogP contribution in [0.15, 0.2) is 5.38 Å². The van der Waals surface area contributed by atoms with E-state index in [9.17, 15) is 5.11 Å². The van der Waals surface area contributed by atoms with Gasteiger partial charge in [-0.1, -0.05) is 0 Å². The molecular weight excluding hydrogens is 220 g/mol. The molecule has 16 heavy (non-hydrogen) atoms. The summed E-state index contributed by atoms with van der Waals surface area (Å²) in [4.78, 5) is 7.01. The first-order valence-corrected chi connectivity index (χ1v) is 6.90. The zero-order valence-corrected chi connectivity index (χ0v) is 10.4. The second-order valence-electron chi connectivity index (χ2n) is 5.20. The zero-order chi connectivity index (χ0) is 11.1. The van der Waals surface area contributed by atoms with Crippen molar-refractivity contribution in [3.63, 3.8) is 0 Å². The summed E-state index contributed by atoms with van der Waals surface area (Å²) in [7, 11) is 0. The molecule has 0 bridgehead atoms. The molecule has 1 aromatic heterocycles. The highest BCUT2D eigenvalue weighted by Crippen LogP contribution is 2.38. The quantitative estimate of drug-likeness (QED) is 0.851. The molecule has 2 fully saturated rings. The fourth-order valence-corrected chi connectivity index (χ4v) is 3.81. The minimum absolute atomic E-state index is 0.0290. The summed E-state index contributed by atoms with van der Waals surface area (Å²) in [6.45, 7) is 5.35. The van der Waals surface area contributed by atoms with Gasteiger partial charge in [-0.25, -0.2) is 4.98 Å². The highest BCUT2D eigenvalue weighted by Gasteiger charge is 2.40. The number of aliphatic hydroxyl groups excluding tert-OH is 1. The van der Waals surface area contributed by atoms with Crippen LogP contribution in [0.25, 0.3) is 0 Å². The Labute approximate surface area is 100 Å². The van der Waals surface area contributed by atoms with Crippen molar-refractivity contribution in [2.75, 3.05) is 13.1 Å². The summed E-state index contributed by atoms with van der Waals surface area (Å²) in [5.74, 6) is 1.46. The van der Waals surface area contributed by atoms with Crippen LogP contribution in [-0.4, -0.2) is 34.2 Å². The Morgan fingerprint density at radius 3 is 2.69 bits per heavy atom. The average molecular weight is 238 g/mol. The minimum Gasteiger partial charge on any atom is -0.393 e. The lowest BCUT2D eigenvalue weighted by Crippen LogP contribution is -2.22. The Morgan fingerprint density at radius 2 is 2.12 bits per heavy atom. The van der Waals surface area contributed by atoms with E-state index in [1.165, 1.54) is 5.69 Å². The molecule has 0 aromatic carbocycles. The van der Waals surface area contributed by atoms with Gasteiger partial charge in [0.25, 0.3) is 0 Å². The molecule has 3 atom stereocenters. The molecule has 2 heterocycles. The summed E-state index contributed by atoms with van der Waals surface area (Å²) in [6, 6.07) is 0. The number of fused-ring (bicyclic) bond motifs is 1. The van der Waals surface area contributed by atoms with Gasteiger partial charge in [-0.15, -0.1) is 11.3 Å². The van der Waals surface area contributed by atoms with Crippen LogP contribution in [0.5, 0.6) is 0 Å². The van der Waals surface area contributed by atoms with Crippen LogP contribution in [0.1, 0.15) is 23.5 Å². The van der Waals surface area contributed by atoms with Crippen LogP contribution >= 0.6 is 11.3 Å². The molecule has 3 rings (SSSR count). The maximum Gasteiger partial charge on any atom is 0.0897 e. The molecule has 0 radical (unpaired) electrons. The lowest BCUT2D eigenvalue weighted by molar-refractivity contribution is 0.161. The summed E-state index contributed by atoms with van der Waals surface area (Å²) in [5, 5.41) is 12.9. The van der Waals surface area contributed by atoms with E-state index >= 15 is 0 Å². The number of rotatable bonds is 2. The van der Waals surface area contributed by atoms with Gasteiger partial charge in [0.05, 0.1) is 16.8 Å². The first-order valence-electron chi connectivity index (χ1n) is 6.02. The molecule has 0 spiro atoms. The average Bonchev–Trinajstić information content (AvgIpc) is 2.81. The van der Waals surface area contributed by atoms with E-state index in [1.807, 2.05) is 0 Å². The van der Waals surface area contributed by atoms with Gasteiger partial charge < -0.3 is 5.11 Å². The summed E-state index contributed by atoms with van der Waals surface area (Å²) in [6.07, 6.45) is 1.99. The van der Waals surface area contributed by atoms with Crippen molar-refractivity contribution in [2.45, 2.75) is 32.4 Å². The Kier molecular flexibility index (Phi) is 2.73. The molecule has 1 aromatic rings. The summed E-state index contributed by atoms with van der Waals surface area (Å²) >= 11 is 1.73. The highest BCUT2D eigenvalue weighted by atomic mass is 32.1. The van der Waals surface area contributed by atoms with E-state index in [-0.39, 0.29) is 6.10 Å². The minimum atomic E-state index is -0.0290. The van der Waals surface area contributed by atoms with Crippen LogP contribution in [0, 0.1) is 18.8 Å². The second-order valence-corrected chi connectivity index (χ2v) is 6.26. The Morgan fingerprint density at radius 1 is 1.44 bits per heavy atom. The highest BCUT2D eigenvalue weighted by molar-refractivity contribution is 7.09. The number of aliphatic hydroxyl groups is 1. The number of nitrogens with zero attached hydrogens (tertiary/aromatic N) is 2. The lowest BCUT2D eigenvalue weighted by atomic mass is 10.0. The standard InChI is InChI=1S/C12H18N2OS/c1-8-13-11(7-16-8)6-14-4-9-2-12(15)3-10(9)5-14/h7,9-10,12,15H,2-6H2,1H3/t9-,10+,12?. The number of hydrogen-bond acceptors (Lipinski definition) is 4. The van der Waals surface area contributed by atoms with Crippen LogP contribution in [0.2, 0.25) is 0 Å². The number of thiazole rings is 1.